The van der Waals surface area contributed by atoms with Gasteiger partial charge in [0.2, 0.25) is 5.91 Å². The van der Waals surface area contributed by atoms with Gasteiger partial charge >= 0.3 is 6.18 Å². The van der Waals surface area contributed by atoms with Crippen molar-refractivity contribution in [3.05, 3.63) is 34.3 Å². The highest BCUT2D eigenvalue weighted by molar-refractivity contribution is 9.10. The maximum atomic E-state index is 12.0. The van der Waals surface area contributed by atoms with E-state index in [0.29, 0.717) is 6.54 Å². The van der Waals surface area contributed by atoms with Crippen LogP contribution in [0.4, 0.5) is 13.2 Å². The lowest BCUT2D eigenvalue weighted by molar-refractivity contribution is -0.141. The molecule has 112 valence electrons. The lowest BCUT2D eigenvalue weighted by atomic mass is 10.2. The van der Waals surface area contributed by atoms with Gasteiger partial charge in [-0.3, -0.25) is 9.69 Å². The Kier molecular flexibility index (Phi) is 6.01. The first kappa shape index (κ1) is 17.0. The van der Waals surface area contributed by atoms with Crippen LogP contribution >= 0.6 is 15.9 Å². The molecule has 0 aliphatic carbocycles. The van der Waals surface area contributed by atoms with Gasteiger partial charge in [0.1, 0.15) is 6.54 Å². The molecule has 1 atom stereocenters. The van der Waals surface area contributed by atoms with Gasteiger partial charge in [-0.25, -0.2) is 0 Å². The molecule has 3 nitrogen and oxygen atoms in total. The minimum atomic E-state index is -4.39. The molecule has 0 bridgehead atoms. The Morgan fingerprint density at radius 2 is 1.90 bits per heavy atom. The fraction of sp³-hybridized carbons (Fsp3) is 0.462. The summed E-state index contributed by atoms with van der Waals surface area (Å²) in [6.45, 7) is 0.751. The lowest BCUT2D eigenvalue weighted by Crippen LogP contribution is -2.45. The normalized spacial score (nSPS) is 13.3. The Hall–Kier alpha value is -1.08. The molecule has 20 heavy (non-hydrogen) atoms. The summed E-state index contributed by atoms with van der Waals surface area (Å²) in [4.78, 5) is 13.3. The summed E-state index contributed by atoms with van der Waals surface area (Å²) in [6, 6.07) is 6.89. The maximum Gasteiger partial charge on any atom is 0.405 e. The quantitative estimate of drug-likeness (QED) is 0.883. The van der Waals surface area contributed by atoms with Crippen molar-refractivity contribution in [1.82, 2.24) is 10.2 Å². The van der Waals surface area contributed by atoms with Crippen LogP contribution in [0.15, 0.2) is 28.7 Å². The predicted octanol–water partition coefficient (Wildman–Crippen LogP) is 2.95. The second-order valence-corrected chi connectivity index (χ2v) is 5.47. The van der Waals surface area contributed by atoms with E-state index in [-0.39, 0.29) is 0 Å². The fourth-order valence-corrected chi connectivity index (χ4v) is 1.81. The highest BCUT2D eigenvalue weighted by Gasteiger charge is 2.29. The van der Waals surface area contributed by atoms with Crippen molar-refractivity contribution in [2.45, 2.75) is 25.7 Å². The van der Waals surface area contributed by atoms with Crippen molar-refractivity contribution in [2.24, 2.45) is 0 Å². The molecular weight excluding hydrogens is 337 g/mol. The van der Waals surface area contributed by atoms with E-state index in [9.17, 15) is 18.0 Å². The van der Waals surface area contributed by atoms with Gasteiger partial charge in [-0.1, -0.05) is 28.1 Å². The van der Waals surface area contributed by atoms with Gasteiger partial charge in [0.25, 0.3) is 0 Å². The van der Waals surface area contributed by atoms with Crippen LogP contribution in [0.3, 0.4) is 0 Å². The largest absolute Gasteiger partial charge is 0.405 e. The smallest absolute Gasteiger partial charge is 0.346 e. The van der Waals surface area contributed by atoms with E-state index >= 15 is 0 Å². The molecule has 7 heteroatoms. The fourth-order valence-electron chi connectivity index (χ4n) is 1.55. The van der Waals surface area contributed by atoms with E-state index in [1.165, 1.54) is 0 Å². The number of likely N-dealkylation sites (N-methyl/N-ethyl adjacent to an activating group) is 1. The number of rotatable bonds is 5. The van der Waals surface area contributed by atoms with Crippen molar-refractivity contribution in [2.75, 3.05) is 13.6 Å². The van der Waals surface area contributed by atoms with E-state index in [1.54, 1.807) is 18.9 Å². The highest BCUT2D eigenvalue weighted by atomic mass is 79.9. The molecule has 0 radical (unpaired) electrons. The van der Waals surface area contributed by atoms with Gasteiger partial charge < -0.3 is 5.32 Å². The van der Waals surface area contributed by atoms with Gasteiger partial charge in [0.05, 0.1) is 6.04 Å². The molecule has 1 aromatic rings. The third-order valence-corrected chi connectivity index (χ3v) is 3.38. The van der Waals surface area contributed by atoms with Crippen LogP contribution in [0.1, 0.15) is 12.5 Å². The average molecular weight is 353 g/mol. The van der Waals surface area contributed by atoms with Crippen molar-refractivity contribution in [3.8, 4) is 0 Å². The number of nitrogens with zero attached hydrogens (tertiary/aromatic N) is 1. The van der Waals surface area contributed by atoms with Crippen LogP contribution in [0.25, 0.3) is 0 Å². The predicted molar refractivity (Wildman–Crippen MR) is 74.1 cm³/mol. The summed E-state index contributed by atoms with van der Waals surface area (Å²) in [5.41, 5.74) is 0.978. The number of benzene rings is 1. The van der Waals surface area contributed by atoms with Gasteiger partial charge in [0.15, 0.2) is 0 Å². The van der Waals surface area contributed by atoms with Gasteiger partial charge in [-0.2, -0.15) is 13.2 Å². The standard InChI is InChI=1S/C13H16BrF3N2O/c1-9(12(20)18-8-13(15,16)17)19(2)7-10-3-5-11(14)6-4-10/h3-6,9H,7-8H2,1-2H3,(H,18,20). The van der Waals surface area contributed by atoms with Crippen LogP contribution in [0.2, 0.25) is 0 Å². The molecule has 1 aromatic carbocycles. The SMILES string of the molecule is CC(C(=O)NCC(F)(F)F)N(C)Cc1ccc(Br)cc1. The van der Waals surface area contributed by atoms with Gasteiger partial charge in [-0.05, 0) is 31.7 Å². The molecule has 0 saturated carbocycles. The summed E-state index contributed by atoms with van der Waals surface area (Å²) in [6.07, 6.45) is -4.39. The molecule has 0 aliphatic heterocycles. The molecule has 0 saturated heterocycles. The van der Waals surface area contributed by atoms with Crippen LogP contribution in [0.5, 0.6) is 0 Å². The Labute approximate surface area is 124 Å². The molecule has 1 unspecified atom stereocenters. The summed E-state index contributed by atoms with van der Waals surface area (Å²) < 4.78 is 37.0. The number of halogens is 4. The molecule has 1 amide bonds. The summed E-state index contributed by atoms with van der Waals surface area (Å²) in [5.74, 6) is -0.637. The van der Waals surface area contributed by atoms with Crippen molar-refractivity contribution >= 4 is 21.8 Å². The van der Waals surface area contributed by atoms with Gasteiger partial charge in [0, 0.05) is 11.0 Å². The molecule has 1 N–H and O–H groups in total. The number of carbonyl (C=O) groups excluding carboxylic acids is 1. The molecule has 0 spiro atoms. The summed E-state index contributed by atoms with van der Waals surface area (Å²) in [5, 5.41) is 1.89. The highest BCUT2D eigenvalue weighted by Crippen LogP contribution is 2.14. The summed E-state index contributed by atoms with van der Waals surface area (Å²) in [7, 11) is 1.69. The third kappa shape index (κ3) is 5.92. The molecule has 0 fully saturated rings. The number of amides is 1. The zero-order chi connectivity index (χ0) is 15.3. The number of hydrogen-bond acceptors (Lipinski definition) is 2. The molecular formula is C13H16BrF3N2O. The zero-order valence-electron chi connectivity index (χ0n) is 11.2. The first-order valence-electron chi connectivity index (χ1n) is 5.98. The Bertz CT molecular complexity index is 448. The topological polar surface area (TPSA) is 32.3 Å². The van der Waals surface area contributed by atoms with Crippen LogP contribution in [-0.2, 0) is 11.3 Å². The van der Waals surface area contributed by atoms with E-state index < -0.39 is 24.7 Å². The van der Waals surface area contributed by atoms with Crippen LogP contribution in [0, 0.1) is 0 Å². The first-order valence-corrected chi connectivity index (χ1v) is 6.77. The van der Waals surface area contributed by atoms with E-state index in [4.69, 9.17) is 0 Å². The summed E-state index contributed by atoms with van der Waals surface area (Å²) >= 11 is 3.32. The maximum absolute atomic E-state index is 12.0. The lowest BCUT2D eigenvalue weighted by Gasteiger charge is -2.24. The number of hydrogen-bond donors (Lipinski definition) is 1. The number of carbonyl (C=O) groups is 1. The van der Waals surface area contributed by atoms with Crippen molar-refractivity contribution < 1.29 is 18.0 Å². The Morgan fingerprint density at radius 1 is 1.35 bits per heavy atom. The van der Waals surface area contributed by atoms with Crippen molar-refractivity contribution in [1.29, 1.82) is 0 Å². The van der Waals surface area contributed by atoms with Crippen molar-refractivity contribution in [3.63, 3.8) is 0 Å². The molecule has 1 rings (SSSR count). The minimum absolute atomic E-state index is 0.480. The molecule has 0 aromatic heterocycles. The molecule has 0 heterocycles. The number of nitrogens with one attached hydrogen (secondary N) is 1. The molecule has 0 aliphatic rings. The second kappa shape index (κ2) is 7.08. The van der Waals surface area contributed by atoms with Crippen LogP contribution in [-0.4, -0.2) is 36.6 Å². The van der Waals surface area contributed by atoms with E-state index in [2.05, 4.69) is 15.9 Å². The third-order valence-electron chi connectivity index (χ3n) is 2.85. The Balaban J connectivity index is 2.51. The average Bonchev–Trinajstić information content (AvgIpc) is 2.36. The van der Waals surface area contributed by atoms with Gasteiger partial charge in [-0.15, -0.1) is 0 Å². The first-order chi connectivity index (χ1) is 9.19. The van der Waals surface area contributed by atoms with E-state index in [0.717, 1.165) is 10.0 Å². The van der Waals surface area contributed by atoms with Crippen LogP contribution < -0.4 is 5.32 Å². The number of alkyl halides is 3. The zero-order valence-corrected chi connectivity index (χ0v) is 12.8. The monoisotopic (exact) mass is 352 g/mol. The Morgan fingerprint density at radius 3 is 2.40 bits per heavy atom. The second-order valence-electron chi connectivity index (χ2n) is 4.55. The van der Waals surface area contributed by atoms with E-state index in [1.807, 2.05) is 29.6 Å². The minimum Gasteiger partial charge on any atom is -0.346 e.